The average Bonchev–Trinajstić information content (AvgIpc) is 2.75. The van der Waals surface area contributed by atoms with Gasteiger partial charge in [0.25, 0.3) is 0 Å². The van der Waals surface area contributed by atoms with Gasteiger partial charge in [-0.25, -0.2) is 9.59 Å². The molecule has 0 radical (unpaired) electrons. The molecular weight excluding hydrogens is 300 g/mol. The van der Waals surface area contributed by atoms with Crippen LogP contribution in [0.4, 0.5) is 9.59 Å². The van der Waals surface area contributed by atoms with Gasteiger partial charge in [0.2, 0.25) is 0 Å². The normalized spacial score (nSPS) is 22.0. The monoisotopic (exact) mass is 330 g/mol. The average molecular weight is 330 g/mol. The van der Waals surface area contributed by atoms with E-state index in [1.165, 1.54) is 0 Å². The number of hydrogen-bond donors (Lipinski definition) is 2. The van der Waals surface area contributed by atoms with E-state index in [4.69, 9.17) is 9.47 Å². The summed E-state index contributed by atoms with van der Waals surface area (Å²) >= 11 is 0. The molecule has 0 aromatic carbocycles. The van der Waals surface area contributed by atoms with Crippen LogP contribution in [0.25, 0.3) is 0 Å². The molecule has 1 fully saturated rings. The fraction of sp³-hybridized carbons (Fsp3) is 0.875. The second-order valence-corrected chi connectivity index (χ2v) is 7.97. The van der Waals surface area contributed by atoms with E-state index in [0.717, 1.165) is 0 Å². The van der Waals surface area contributed by atoms with Gasteiger partial charge in [-0.05, 0) is 41.5 Å². The molecule has 0 saturated carbocycles. The summed E-state index contributed by atoms with van der Waals surface area (Å²) in [5.41, 5.74) is -1.11. The number of nitrogens with zero attached hydrogens (tertiary/aromatic N) is 1. The van der Waals surface area contributed by atoms with Crippen molar-refractivity contribution in [3.63, 3.8) is 0 Å². The zero-order chi connectivity index (χ0) is 17.8. The molecule has 23 heavy (non-hydrogen) atoms. The van der Waals surface area contributed by atoms with Gasteiger partial charge in [0, 0.05) is 38.1 Å². The zero-order valence-electron chi connectivity index (χ0n) is 15.0. The van der Waals surface area contributed by atoms with E-state index in [1.54, 1.807) is 25.7 Å². The van der Waals surface area contributed by atoms with Gasteiger partial charge < -0.3 is 24.8 Å². The van der Waals surface area contributed by atoms with E-state index in [9.17, 15) is 14.7 Å². The van der Waals surface area contributed by atoms with Gasteiger partial charge in [-0.1, -0.05) is 0 Å². The maximum atomic E-state index is 12.1. The summed E-state index contributed by atoms with van der Waals surface area (Å²) < 4.78 is 10.5. The Morgan fingerprint density at radius 2 is 1.57 bits per heavy atom. The van der Waals surface area contributed by atoms with Gasteiger partial charge in [-0.2, -0.15) is 0 Å². The third kappa shape index (κ3) is 7.07. The number of nitrogens with one attached hydrogen (secondary N) is 1. The van der Waals surface area contributed by atoms with Crippen LogP contribution < -0.4 is 5.32 Å². The topological polar surface area (TPSA) is 88.1 Å². The van der Waals surface area contributed by atoms with Crippen molar-refractivity contribution in [1.29, 1.82) is 0 Å². The third-order valence-electron chi connectivity index (χ3n) is 3.37. The molecule has 0 bridgehead atoms. The first-order chi connectivity index (χ1) is 10.4. The first-order valence-corrected chi connectivity index (χ1v) is 7.97. The molecule has 1 rings (SSSR count). The van der Waals surface area contributed by atoms with Gasteiger partial charge in [-0.15, -0.1) is 0 Å². The number of likely N-dealkylation sites (tertiary alicyclic amines) is 1. The highest BCUT2D eigenvalue weighted by atomic mass is 16.6. The second-order valence-electron chi connectivity index (χ2n) is 7.97. The number of aliphatic hydroxyl groups excluding tert-OH is 1. The van der Waals surface area contributed by atoms with Gasteiger partial charge in [-0.3, -0.25) is 0 Å². The molecule has 0 aromatic heterocycles. The molecular formula is C16H30N2O5. The number of amides is 2. The van der Waals surface area contributed by atoms with Crippen LogP contribution in [0.1, 0.15) is 41.5 Å². The van der Waals surface area contributed by atoms with Crippen LogP contribution in [-0.4, -0.2) is 59.6 Å². The van der Waals surface area contributed by atoms with Crippen LogP contribution in [-0.2, 0) is 9.47 Å². The second kappa shape index (κ2) is 7.38. The van der Waals surface area contributed by atoms with Crippen molar-refractivity contribution < 1.29 is 24.2 Å². The van der Waals surface area contributed by atoms with Crippen LogP contribution in [0.3, 0.4) is 0 Å². The molecule has 0 spiro atoms. The zero-order valence-corrected chi connectivity index (χ0v) is 15.0. The van der Waals surface area contributed by atoms with Crippen molar-refractivity contribution in [2.24, 2.45) is 11.8 Å². The number of ether oxygens (including phenoxy) is 2. The number of aliphatic hydroxyl groups is 1. The summed E-state index contributed by atoms with van der Waals surface area (Å²) in [5.74, 6) is -0.113. The van der Waals surface area contributed by atoms with Gasteiger partial charge in [0.05, 0.1) is 0 Å². The lowest BCUT2D eigenvalue weighted by molar-refractivity contribution is 0.0281. The number of carbonyl (C=O) groups is 2. The van der Waals surface area contributed by atoms with Crippen molar-refractivity contribution >= 4 is 12.2 Å². The van der Waals surface area contributed by atoms with E-state index >= 15 is 0 Å². The molecule has 7 nitrogen and oxygen atoms in total. The maximum Gasteiger partial charge on any atom is 0.410 e. The van der Waals surface area contributed by atoms with Crippen molar-refractivity contribution in [1.82, 2.24) is 10.2 Å². The predicted octanol–water partition coefficient (Wildman–Crippen LogP) is 1.99. The first kappa shape index (κ1) is 19.5. The maximum absolute atomic E-state index is 12.1. The van der Waals surface area contributed by atoms with Crippen molar-refractivity contribution in [2.45, 2.75) is 52.7 Å². The molecule has 2 amide bonds. The van der Waals surface area contributed by atoms with Gasteiger partial charge >= 0.3 is 12.2 Å². The van der Waals surface area contributed by atoms with Crippen LogP contribution in [0.5, 0.6) is 0 Å². The van der Waals surface area contributed by atoms with Gasteiger partial charge in [0.15, 0.2) is 0 Å². The lowest BCUT2D eigenvalue weighted by atomic mass is 9.97. The number of hydrogen-bond acceptors (Lipinski definition) is 5. The van der Waals surface area contributed by atoms with E-state index in [0.29, 0.717) is 19.6 Å². The molecule has 0 aromatic rings. The Morgan fingerprint density at radius 1 is 1.04 bits per heavy atom. The Labute approximate surface area is 138 Å². The standard InChI is InChI=1S/C16H30N2O5/c1-15(2,3)22-13(20)17-7-11-8-18(9-12(11)10-19)14(21)23-16(4,5)6/h11-12,19H,7-10H2,1-6H3,(H,17,20)/t11-,12-/m1/s1. The summed E-state index contributed by atoms with van der Waals surface area (Å²) in [6, 6.07) is 0. The molecule has 1 heterocycles. The Balaban J connectivity index is 2.53. The van der Waals surface area contributed by atoms with Crippen LogP contribution in [0.2, 0.25) is 0 Å². The van der Waals surface area contributed by atoms with E-state index in [-0.39, 0.29) is 18.4 Å². The molecule has 7 heteroatoms. The number of alkyl carbamates (subject to hydrolysis) is 1. The molecule has 1 saturated heterocycles. The van der Waals surface area contributed by atoms with Crippen LogP contribution >= 0.6 is 0 Å². The molecule has 134 valence electrons. The summed E-state index contributed by atoms with van der Waals surface area (Å²) in [6.07, 6.45) is -0.888. The highest BCUT2D eigenvalue weighted by Crippen LogP contribution is 2.24. The third-order valence-corrected chi connectivity index (χ3v) is 3.37. The SMILES string of the molecule is CC(C)(C)OC(=O)NC[C@@H]1CN(C(=O)OC(C)(C)C)C[C@@H]1CO. The highest BCUT2D eigenvalue weighted by molar-refractivity contribution is 5.69. The van der Waals surface area contributed by atoms with E-state index in [2.05, 4.69) is 5.32 Å². The lowest BCUT2D eigenvalue weighted by Gasteiger charge is -2.24. The lowest BCUT2D eigenvalue weighted by Crippen LogP contribution is -2.38. The Kier molecular flexibility index (Phi) is 6.27. The predicted molar refractivity (Wildman–Crippen MR) is 86.1 cm³/mol. The molecule has 2 N–H and O–H groups in total. The summed E-state index contributed by atoms with van der Waals surface area (Å²) in [5, 5.41) is 12.2. The Hall–Kier alpha value is -1.50. The molecule has 2 atom stereocenters. The smallest absolute Gasteiger partial charge is 0.410 e. The quantitative estimate of drug-likeness (QED) is 0.826. The van der Waals surface area contributed by atoms with Crippen LogP contribution in [0.15, 0.2) is 0 Å². The fourth-order valence-electron chi connectivity index (χ4n) is 2.38. The van der Waals surface area contributed by atoms with Gasteiger partial charge in [0.1, 0.15) is 11.2 Å². The highest BCUT2D eigenvalue weighted by Gasteiger charge is 2.37. The van der Waals surface area contributed by atoms with E-state index in [1.807, 2.05) is 20.8 Å². The Bertz CT molecular complexity index is 425. The fourth-order valence-corrected chi connectivity index (χ4v) is 2.38. The summed E-state index contributed by atoms with van der Waals surface area (Å²) in [7, 11) is 0. The minimum atomic E-state index is -0.557. The van der Waals surface area contributed by atoms with Crippen molar-refractivity contribution in [3.05, 3.63) is 0 Å². The summed E-state index contributed by atoms with van der Waals surface area (Å²) in [6.45, 7) is 12.0. The van der Waals surface area contributed by atoms with Crippen LogP contribution in [0, 0.1) is 11.8 Å². The molecule has 1 aliphatic heterocycles. The molecule has 0 unspecified atom stereocenters. The largest absolute Gasteiger partial charge is 0.444 e. The number of rotatable bonds is 3. The Morgan fingerprint density at radius 3 is 2.04 bits per heavy atom. The summed E-state index contributed by atoms with van der Waals surface area (Å²) in [4.78, 5) is 25.4. The molecule has 0 aliphatic carbocycles. The first-order valence-electron chi connectivity index (χ1n) is 7.97. The molecule has 1 aliphatic rings. The minimum absolute atomic E-state index is 0.0277. The van der Waals surface area contributed by atoms with E-state index < -0.39 is 23.4 Å². The minimum Gasteiger partial charge on any atom is -0.444 e. The van der Waals surface area contributed by atoms with Crippen molar-refractivity contribution in [2.75, 3.05) is 26.2 Å². The number of carbonyl (C=O) groups excluding carboxylic acids is 2. The van der Waals surface area contributed by atoms with Crippen molar-refractivity contribution in [3.8, 4) is 0 Å².